The quantitative estimate of drug-likeness (QED) is 0.925. The average Bonchev–Trinajstić information content (AvgIpc) is 3.14. The fraction of sp³-hybridized carbons (Fsp3) is 0.562. The van der Waals surface area contributed by atoms with Crippen molar-refractivity contribution in [1.82, 2.24) is 29.3 Å². The van der Waals surface area contributed by atoms with Crippen molar-refractivity contribution in [2.24, 2.45) is 20.0 Å². The van der Waals surface area contributed by atoms with E-state index in [4.69, 9.17) is 0 Å². The Morgan fingerprint density at radius 1 is 1.22 bits per heavy atom. The molecule has 0 aromatic carbocycles. The summed E-state index contributed by atoms with van der Waals surface area (Å²) in [5.41, 5.74) is 0. The Hall–Kier alpha value is -2.31. The largest absolute Gasteiger partial charge is 0.338 e. The highest BCUT2D eigenvalue weighted by atomic mass is 16.2. The lowest BCUT2D eigenvalue weighted by atomic mass is 9.94. The molecule has 1 aliphatic rings. The Kier molecular flexibility index (Phi) is 4.64. The van der Waals surface area contributed by atoms with E-state index in [1.165, 1.54) is 0 Å². The molecule has 2 amide bonds. The highest BCUT2D eigenvalue weighted by Gasteiger charge is 2.24. The maximum absolute atomic E-state index is 12.4. The van der Waals surface area contributed by atoms with Gasteiger partial charge >= 0.3 is 6.03 Å². The first-order valence-corrected chi connectivity index (χ1v) is 8.08. The zero-order valence-corrected chi connectivity index (χ0v) is 13.8. The van der Waals surface area contributed by atoms with Crippen LogP contribution in [-0.4, -0.2) is 43.1 Å². The van der Waals surface area contributed by atoms with Crippen molar-refractivity contribution in [3.05, 3.63) is 36.4 Å². The van der Waals surface area contributed by atoms with Gasteiger partial charge in [-0.05, 0) is 18.8 Å². The molecular formula is C16H24N6O. The lowest BCUT2D eigenvalue weighted by Crippen LogP contribution is -2.46. The van der Waals surface area contributed by atoms with Crippen LogP contribution in [0.1, 0.15) is 24.5 Å². The zero-order valence-electron chi connectivity index (χ0n) is 13.8. The third-order valence-corrected chi connectivity index (χ3v) is 4.52. The van der Waals surface area contributed by atoms with E-state index in [1.54, 1.807) is 6.20 Å². The van der Waals surface area contributed by atoms with Crippen LogP contribution >= 0.6 is 0 Å². The van der Waals surface area contributed by atoms with Crippen molar-refractivity contribution in [2.75, 3.05) is 13.1 Å². The second-order valence-corrected chi connectivity index (χ2v) is 6.23. The van der Waals surface area contributed by atoms with E-state index in [9.17, 15) is 4.79 Å². The van der Waals surface area contributed by atoms with Gasteiger partial charge in [-0.2, -0.15) is 0 Å². The van der Waals surface area contributed by atoms with Gasteiger partial charge in [0.05, 0.1) is 6.54 Å². The van der Waals surface area contributed by atoms with Crippen molar-refractivity contribution >= 4 is 6.03 Å². The molecule has 0 radical (unpaired) electrons. The molecule has 1 fully saturated rings. The van der Waals surface area contributed by atoms with Gasteiger partial charge < -0.3 is 19.4 Å². The second-order valence-electron chi connectivity index (χ2n) is 6.23. The Morgan fingerprint density at radius 2 is 1.91 bits per heavy atom. The number of carbonyl (C=O) groups excluding carboxylic acids is 1. The number of nitrogens with zero attached hydrogens (tertiary/aromatic N) is 5. The molecule has 23 heavy (non-hydrogen) atoms. The predicted molar refractivity (Wildman–Crippen MR) is 86.7 cm³/mol. The molecule has 0 unspecified atom stereocenters. The van der Waals surface area contributed by atoms with Crippen molar-refractivity contribution in [1.29, 1.82) is 0 Å². The van der Waals surface area contributed by atoms with E-state index in [0.717, 1.165) is 44.0 Å². The SMILES string of the molecule is Cn1ccnc1CNC(=O)N1CCC[C@@H](Cc2nccn2C)C1. The van der Waals surface area contributed by atoms with E-state index in [1.807, 2.05) is 42.2 Å². The number of urea groups is 1. The molecule has 0 bridgehead atoms. The molecule has 2 aromatic heterocycles. The maximum Gasteiger partial charge on any atom is 0.317 e. The van der Waals surface area contributed by atoms with Gasteiger partial charge in [-0.15, -0.1) is 0 Å². The maximum atomic E-state index is 12.4. The Balaban J connectivity index is 1.52. The number of aromatic nitrogens is 4. The van der Waals surface area contributed by atoms with Crippen LogP contribution in [0.5, 0.6) is 0 Å². The van der Waals surface area contributed by atoms with Crippen LogP contribution in [-0.2, 0) is 27.1 Å². The molecule has 124 valence electrons. The first-order chi connectivity index (χ1) is 11.1. The monoisotopic (exact) mass is 316 g/mol. The van der Waals surface area contributed by atoms with Gasteiger partial charge in [0.2, 0.25) is 0 Å². The van der Waals surface area contributed by atoms with E-state index in [0.29, 0.717) is 12.5 Å². The van der Waals surface area contributed by atoms with Crippen molar-refractivity contribution < 1.29 is 4.79 Å². The number of piperidine rings is 1. The van der Waals surface area contributed by atoms with Gasteiger partial charge in [-0.1, -0.05) is 0 Å². The van der Waals surface area contributed by atoms with Gasteiger partial charge in [0.1, 0.15) is 11.6 Å². The number of amides is 2. The Bertz CT molecular complexity index is 661. The van der Waals surface area contributed by atoms with Gasteiger partial charge in [-0.25, -0.2) is 14.8 Å². The van der Waals surface area contributed by atoms with Crippen LogP contribution < -0.4 is 5.32 Å². The number of hydrogen-bond donors (Lipinski definition) is 1. The summed E-state index contributed by atoms with van der Waals surface area (Å²) < 4.78 is 3.97. The fourth-order valence-electron chi connectivity index (χ4n) is 3.10. The second kappa shape index (κ2) is 6.85. The minimum Gasteiger partial charge on any atom is -0.338 e. The minimum absolute atomic E-state index is 0.00228. The van der Waals surface area contributed by atoms with E-state index in [-0.39, 0.29) is 6.03 Å². The fourth-order valence-corrected chi connectivity index (χ4v) is 3.10. The molecule has 7 heteroatoms. The average molecular weight is 316 g/mol. The normalized spacial score (nSPS) is 18.2. The smallest absolute Gasteiger partial charge is 0.317 e. The summed E-state index contributed by atoms with van der Waals surface area (Å²) in [6.07, 6.45) is 10.5. The number of hydrogen-bond acceptors (Lipinski definition) is 3. The highest BCUT2D eigenvalue weighted by Crippen LogP contribution is 2.20. The van der Waals surface area contributed by atoms with Gasteiger partial charge in [0.25, 0.3) is 0 Å². The molecule has 2 aromatic rings. The molecular weight excluding hydrogens is 292 g/mol. The third kappa shape index (κ3) is 3.72. The lowest BCUT2D eigenvalue weighted by Gasteiger charge is -2.32. The van der Waals surface area contributed by atoms with Crippen LogP contribution in [0.2, 0.25) is 0 Å². The van der Waals surface area contributed by atoms with Crippen molar-refractivity contribution in [3.8, 4) is 0 Å². The first kappa shape index (κ1) is 15.6. The standard InChI is InChI=1S/C16H24N6O/c1-20-8-5-17-14(20)10-13-4-3-7-22(12-13)16(23)19-11-15-18-6-9-21(15)2/h5-6,8-9,13H,3-4,7,10-12H2,1-2H3,(H,19,23)/t13-/m0/s1. The highest BCUT2D eigenvalue weighted by molar-refractivity contribution is 5.74. The van der Waals surface area contributed by atoms with Crippen molar-refractivity contribution in [3.63, 3.8) is 0 Å². The molecule has 1 saturated heterocycles. The van der Waals surface area contributed by atoms with Crippen LogP contribution in [0.4, 0.5) is 4.79 Å². The first-order valence-electron chi connectivity index (χ1n) is 8.08. The number of likely N-dealkylation sites (tertiary alicyclic amines) is 1. The van der Waals surface area contributed by atoms with Crippen LogP contribution in [0.15, 0.2) is 24.8 Å². The van der Waals surface area contributed by atoms with Gasteiger partial charge in [0.15, 0.2) is 0 Å². The molecule has 7 nitrogen and oxygen atoms in total. The summed E-state index contributed by atoms with van der Waals surface area (Å²) in [5, 5.41) is 2.97. The summed E-state index contributed by atoms with van der Waals surface area (Å²) in [4.78, 5) is 22.9. The van der Waals surface area contributed by atoms with E-state index < -0.39 is 0 Å². The minimum atomic E-state index is -0.00228. The number of aryl methyl sites for hydroxylation is 2. The summed E-state index contributed by atoms with van der Waals surface area (Å²) in [6.45, 7) is 2.07. The molecule has 3 rings (SSSR count). The van der Waals surface area contributed by atoms with Crippen LogP contribution in [0.25, 0.3) is 0 Å². The summed E-state index contributed by atoms with van der Waals surface area (Å²) in [6, 6.07) is -0.00228. The van der Waals surface area contributed by atoms with Crippen LogP contribution in [0, 0.1) is 5.92 Å². The molecule has 3 heterocycles. The third-order valence-electron chi connectivity index (χ3n) is 4.52. The molecule has 0 saturated carbocycles. The zero-order chi connectivity index (χ0) is 16.2. The summed E-state index contributed by atoms with van der Waals surface area (Å²) in [5.74, 6) is 2.42. The Morgan fingerprint density at radius 3 is 2.57 bits per heavy atom. The number of nitrogens with one attached hydrogen (secondary N) is 1. The molecule has 1 aliphatic heterocycles. The molecule has 0 spiro atoms. The number of rotatable bonds is 4. The summed E-state index contributed by atoms with van der Waals surface area (Å²) >= 11 is 0. The molecule has 1 atom stereocenters. The predicted octanol–water partition coefficient (Wildman–Crippen LogP) is 1.32. The van der Waals surface area contributed by atoms with Gasteiger partial charge in [0, 0.05) is 58.4 Å². The molecule has 1 N–H and O–H groups in total. The summed E-state index contributed by atoms with van der Waals surface area (Å²) in [7, 11) is 3.95. The number of imidazole rings is 2. The lowest BCUT2D eigenvalue weighted by molar-refractivity contribution is 0.163. The van der Waals surface area contributed by atoms with E-state index in [2.05, 4.69) is 19.9 Å². The number of carbonyl (C=O) groups is 1. The molecule has 0 aliphatic carbocycles. The van der Waals surface area contributed by atoms with Gasteiger partial charge in [-0.3, -0.25) is 0 Å². The topological polar surface area (TPSA) is 68.0 Å². The Labute approximate surface area is 136 Å². The van der Waals surface area contributed by atoms with Crippen molar-refractivity contribution in [2.45, 2.75) is 25.8 Å². The van der Waals surface area contributed by atoms with E-state index >= 15 is 0 Å². The van der Waals surface area contributed by atoms with Crippen LogP contribution in [0.3, 0.4) is 0 Å².